The first-order valence-electron chi connectivity index (χ1n) is 8.14. The number of amides is 2. The summed E-state index contributed by atoms with van der Waals surface area (Å²) in [6, 6.07) is 16.7. The van der Waals surface area contributed by atoms with Crippen LogP contribution >= 0.6 is 0 Å². The van der Waals surface area contributed by atoms with Crippen molar-refractivity contribution in [1.82, 2.24) is 5.32 Å². The lowest BCUT2D eigenvalue weighted by Crippen LogP contribution is -2.36. The molecule has 25 heavy (non-hydrogen) atoms. The van der Waals surface area contributed by atoms with Crippen LogP contribution in [0, 0.1) is 0 Å². The summed E-state index contributed by atoms with van der Waals surface area (Å²) < 4.78 is 5.13. The van der Waals surface area contributed by atoms with E-state index < -0.39 is 0 Å². The van der Waals surface area contributed by atoms with Crippen LogP contribution in [0.1, 0.15) is 12.0 Å². The zero-order chi connectivity index (χ0) is 17.6. The molecular weight excluding hydrogens is 316 g/mol. The van der Waals surface area contributed by atoms with Gasteiger partial charge in [-0.3, -0.25) is 9.59 Å². The summed E-state index contributed by atoms with van der Waals surface area (Å²) in [5.74, 6) is 0.548. The lowest BCUT2D eigenvalue weighted by molar-refractivity contribution is -0.117. The molecule has 1 fully saturated rings. The third-order valence-electron chi connectivity index (χ3n) is 4.08. The topological polar surface area (TPSA) is 58.6 Å². The van der Waals surface area contributed by atoms with Gasteiger partial charge in [0.1, 0.15) is 5.75 Å². The molecule has 1 aliphatic rings. The standard InChI is InChI=1S/C20H20N2O3/c1-25-18-10-8-17(9-11-18)22-14-16(13-20(22)24)21-19(23)12-7-15-5-3-2-4-6-15/h2-12,16H,13-14H2,1H3,(H,21,23). The number of hydrogen-bond acceptors (Lipinski definition) is 3. The Morgan fingerprint density at radius 1 is 1.16 bits per heavy atom. The van der Waals surface area contributed by atoms with Gasteiger partial charge in [0.25, 0.3) is 0 Å². The average molecular weight is 336 g/mol. The molecule has 2 amide bonds. The van der Waals surface area contributed by atoms with E-state index in [2.05, 4.69) is 5.32 Å². The number of carbonyl (C=O) groups excluding carboxylic acids is 2. The Morgan fingerprint density at radius 2 is 1.88 bits per heavy atom. The van der Waals surface area contributed by atoms with Crippen molar-refractivity contribution in [1.29, 1.82) is 0 Å². The van der Waals surface area contributed by atoms with Crippen LogP contribution in [0.5, 0.6) is 5.75 Å². The average Bonchev–Trinajstić information content (AvgIpc) is 3.01. The van der Waals surface area contributed by atoms with Gasteiger partial charge in [0.15, 0.2) is 0 Å². The first-order valence-corrected chi connectivity index (χ1v) is 8.14. The summed E-state index contributed by atoms with van der Waals surface area (Å²) in [6.07, 6.45) is 3.56. The number of hydrogen-bond donors (Lipinski definition) is 1. The predicted octanol–water partition coefficient (Wildman–Crippen LogP) is 2.63. The van der Waals surface area contributed by atoms with Gasteiger partial charge < -0.3 is 15.0 Å². The molecule has 0 spiro atoms. The van der Waals surface area contributed by atoms with Gasteiger partial charge in [-0.2, -0.15) is 0 Å². The van der Waals surface area contributed by atoms with Crippen LogP contribution in [-0.4, -0.2) is 31.5 Å². The van der Waals surface area contributed by atoms with Crippen LogP contribution in [0.3, 0.4) is 0 Å². The molecule has 1 atom stereocenters. The van der Waals surface area contributed by atoms with Gasteiger partial charge in [0.2, 0.25) is 11.8 Å². The summed E-state index contributed by atoms with van der Waals surface area (Å²) in [5.41, 5.74) is 1.77. The predicted molar refractivity (Wildman–Crippen MR) is 97.4 cm³/mol. The molecule has 3 rings (SSSR count). The van der Waals surface area contributed by atoms with Crippen LogP contribution in [0.2, 0.25) is 0 Å². The third-order valence-corrected chi connectivity index (χ3v) is 4.08. The molecule has 5 heteroatoms. The normalized spacial score (nSPS) is 17.1. The molecule has 0 bridgehead atoms. The van der Waals surface area contributed by atoms with Crippen molar-refractivity contribution in [2.75, 3.05) is 18.6 Å². The van der Waals surface area contributed by atoms with Gasteiger partial charge in [-0.1, -0.05) is 30.3 Å². The highest BCUT2D eigenvalue weighted by Crippen LogP contribution is 2.24. The number of ether oxygens (including phenoxy) is 1. The molecule has 128 valence electrons. The summed E-state index contributed by atoms with van der Waals surface area (Å²) in [7, 11) is 1.60. The molecule has 5 nitrogen and oxygen atoms in total. The zero-order valence-electron chi connectivity index (χ0n) is 14.0. The Bertz CT molecular complexity index is 769. The van der Waals surface area contributed by atoms with Crippen LogP contribution in [0.25, 0.3) is 6.08 Å². The van der Waals surface area contributed by atoms with Crippen molar-refractivity contribution in [3.63, 3.8) is 0 Å². The van der Waals surface area contributed by atoms with Crippen LogP contribution in [0.4, 0.5) is 5.69 Å². The number of benzene rings is 2. The van der Waals surface area contributed by atoms with E-state index in [0.717, 1.165) is 17.0 Å². The fourth-order valence-corrected chi connectivity index (χ4v) is 2.80. The monoisotopic (exact) mass is 336 g/mol. The zero-order valence-corrected chi connectivity index (χ0v) is 14.0. The van der Waals surface area contributed by atoms with Gasteiger partial charge in [-0.25, -0.2) is 0 Å². The van der Waals surface area contributed by atoms with Crippen molar-refractivity contribution < 1.29 is 14.3 Å². The van der Waals surface area contributed by atoms with E-state index in [0.29, 0.717) is 13.0 Å². The summed E-state index contributed by atoms with van der Waals surface area (Å²) >= 11 is 0. The highest BCUT2D eigenvalue weighted by molar-refractivity contribution is 5.98. The van der Waals surface area contributed by atoms with Crippen molar-refractivity contribution in [3.8, 4) is 5.75 Å². The van der Waals surface area contributed by atoms with Crippen molar-refractivity contribution >= 4 is 23.6 Å². The van der Waals surface area contributed by atoms with E-state index in [1.54, 1.807) is 18.1 Å². The number of methoxy groups -OCH3 is 1. The maximum atomic E-state index is 12.2. The molecule has 1 aliphatic heterocycles. The van der Waals surface area contributed by atoms with E-state index in [1.807, 2.05) is 54.6 Å². The highest BCUT2D eigenvalue weighted by Gasteiger charge is 2.31. The van der Waals surface area contributed by atoms with E-state index >= 15 is 0 Å². The fourth-order valence-electron chi connectivity index (χ4n) is 2.80. The Morgan fingerprint density at radius 3 is 2.56 bits per heavy atom. The van der Waals surface area contributed by atoms with Crippen LogP contribution in [-0.2, 0) is 9.59 Å². The molecule has 2 aromatic rings. The third kappa shape index (κ3) is 4.26. The first kappa shape index (κ1) is 16.8. The van der Waals surface area contributed by atoms with Gasteiger partial charge in [-0.05, 0) is 35.9 Å². The quantitative estimate of drug-likeness (QED) is 0.854. The minimum atomic E-state index is -0.196. The summed E-state index contributed by atoms with van der Waals surface area (Å²) in [5, 5.41) is 2.89. The minimum absolute atomic E-state index is 0.00232. The lowest BCUT2D eigenvalue weighted by atomic mass is 10.2. The van der Waals surface area contributed by atoms with Gasteiger partial charge in [-0.15, -0.1) is 0 Å². The largest absolute Gasteiger partial charge is 0.497 e. The molecule has 1 saturated heterocycles. The maximum Gasteiger partial charge on any atom is 0.244 e. The molecule has 1 heterocycles. The molecule has 0 saturated carbocycles. The Hall–Kier alpha value is -3.08. The molecular formula is C20H20N2O3. The summed E-state index contributed by atoms with van der Waals surface area (Å²) in [6.45, 7) is 0.468. The van der Waals surface area contributed by atoms with E-state index in [1.165, 1.54) is 6.08 Å². The summed E-state index contributed by atoms with van der Waals surface area (Å²) in [4.78, 5) is 26.0. The van der Waals surface area contributed by atoms with E-state index in [-0.39, 0.29) is 17.9 Å². The molecule has 0 aliphatic carbocycles. The Kier molecular flexibility index (Phi) is 5.14. The number of anilines is 1. The molecule has 0 radical (unpaired) electrons. The number of nitrogens with one attached hydrogen (secondary N) is 1. The molecule has 1 N–H and O–H groups in total. The smallest absolute Gasteiger partial charge is 0.244 e. The highest BCUT2D eigenvalue weighted by atomic mass is 16.5. The van der Waals surface area contributed by atoms with Gasteiger partial charge >= 0.3 is 0 Å². The number of nitrogens with zero attached hydrogens (tertiary/aromatic N) is 1. The van der Waals surface area contributed by atoms with Gasteiger partial charge in [0, 0.05) is 24.7 Å². The molecule has 1 unspecified atom stereocenters. The number of rotatable bonds is 5. The first-order chi connectivity index (χ1) is 12.2. The Balaban J connectivity index is 1.58. The van der Waals surface area contributed by atoms with E-state index in [9.17, 15) is 9.59 Å². The SMILES string of the molecule is COc1ccc(N2CC(NC(=O)C=Cc3ccccc3)CC2=O)cc1. The van der Waals surface area contributed by atoms with Gasteiger partial charge in [0.05, 0.1) is 13.2 Å². The second-order valence-electron chi connectivity index (χ2n) is 5.86. The van der Waals surface area contributed by atoms with Crippen molar-refractivity contribution in [3.05, 3.63) is 66.2 Å². The second-order valence-corrected chi connectivity index (χ2v) is 5.86. The van der Waals surface area contributed by atoms with Crippen LogP contribution < -0.4 is 15.0 Å². The van der Waals surface area contributed by atoms with Crippen molar-refractivity contribution in [2.24, 2.45) is 0 Å². The molecule has 0 aromatic heterocycles. The number of carbonyl (C=O) groups is 2. The van der Waals surface area contributed by atoms with Crippen LogP contribution in [0.15, 0.2) is 60.7 Å². The second kappa shape index (κ2) is 7.66. The molecule has 2 aromatic carbocycles. The van der Waals surface area contributed by atoms with Crippen molar-refractivity contribution in [2.45, 2.75) is 12.5 Å². The minimum Gasteiger partial charge on any atom is -0.497 e. The maximum absolute atomic E-state index is 12.2. The Labute approximate surface area is 146 Å². The lowest BCUT2D eigenvalue weighted by Gasteiger charge is -2.17. The van der Waals surface area contributed by atoms with E-state index in [4.69, 9.17) is 4.74 Å². The fraction of sp³-hybridized carbons (Fsp3) is 0.200.